The Morgan fingerprint density at radius 3 is 2.63 bits per heavy atom. The summed E-state index contributed by atoms with van der Waals surface area (Å²) in [5.74, 6) is -0.640. The summed E-state index contributed by atoms with van der Waals surface area (Å²) in [6.45, 7) is 0.163. The molecule has 7 heteroatoms. The van der Waals surface area contributed by atoms with Crippen molar-refractivity contribution in [2.24, 2.45) is 0 Å². The van der Waals surface area contributed by atoms with Gasteiger partial charge >= 0.3 is 5.97 Å². The standard InChI is InChI=1S/C20H25N3O4/c1-26-18-7-4-14(5-8-18)6-9-20(25)27-10-2-3-19(24)23-17-12-15(21)11-16(22)13-17/h4-7,9,11-13,18H,2-3,8,10,21-22H2,1H3,(H,23,24)/b9-6+. The highest BCUT2D eigenvalue weighted by molar-refractivity contribution is 5.91. The van der Waals surface area contributed by atoms with Gasteiger partial charge in [0.25, 0.3) is 0 Å². The molecular weight excluding hydrogens is 346 g/mol. The number of allylic oxidation sites excluding steroid dienone is 3. The number of methoxy groups -OCH3 is 1. The molecule has 1 aromatic rings. The molecule has 0 bridgehead atoms. The number of nitrogens with two attached hydrogens (primary N) is 2. The lowest BCUT2D eigenvalue weighted by Gasteiger charge is -2.12. The Balaban J connectivity index is 1.65. The number of nitrogen functional groups attached to an aromatic ring is 2. The smallest absolute Gasteiger partial charge is 0.330 e. The number of amides is 1. The maximum atomic E-state index is 11.9. The molecule has 0 aliphatic heterocycles. The molecule has 144 valence electrons. The van der Waals surface area contributed by atoms with E-state index < -0.39 is 5.97 Å². The van der Waals surface area contributed by atoms with E-state index in [0.29, 0.717) is 23.5 Å². The summed E-state index contributed by atoms with van der Waals surface area (Å²) in [5.41, 5.74) is 13.8. The van der Waals surface area contributed by atoms with Gasteiger partial charge in [-0.3, -0.25) is 4.79 Å². The summed E-state index contributed by atoms with van der Waals surface area (Å²) in [4.78, 5) is 23.6. The normalized spacial score (nSPS) is 16.2. The van der Waals surface area contributed by atoms with Crippen LogP contribution in [-0.4, -0.2) is 31.7 Å². The molecule has 0 spiro atoms. The van der Waals surface area contributed by atoms with Crippen LogP contribution in [0.15, 0.2) is 54.2 Å². The first-order chi connectivity index (χ1) is 13.0. The third-order valence-corrected chi connectivity index (χ3v) is 3.86. The molecule has 0 fully saturated rings. The second kappa shape index (κ2) is 10.2. The second-order valence-corrected chi connectivity index (χ2v) is 6.11. The number of ether oxygens (including phenoxy) is 2. The van der Waals surface area contributed by atoms with Gasteiger partial charge in [0.15, 0.2) is 0 Å². The van der Waals surface area contributed by atoms with E-state index in [1.165, 1.54) is 6.08 Å². The molecule has 7 nitrogen and oxygen atoms in total. The Labute approximate surface area is 158 Å². The average molecular weight is 371 g/mol. The quantitative estimate of drug-likeness (QED) is 0.280. The van der Waals surface area contributed by atoms with Crippen LogP contribution >= 0.6 is 0 Å². The molecular formula is C20H25N3O4. The Kier molecular flexibility index (Phi) is 7.63. The number of rotatable bonds is 8. The largest absolute Gasteiger partial charge is 0.463 e. The Morgan fingerprint density at radius 2 is 2.00 bits per heavy atom. The molecule has 1 amide bonds. The van der Waals surface area contributed by atoms with Crippen molar-refractivity contribution in [3.05, 3.63) is 54.2 Å². The number of nitrogens with one attached hydrogen (secondary N) is 1. The highest BCUT2D eigenvalue weighted by Gasteiger charge is 2.07. The lowest BCUT2D eigenvalue weighted by Crippen LogP contribution is -2.13. The minimum atomic E-state index is -0.442. The minimum absolute atomic E-state index is 0.0871. The topological polar surface area (TPSA) is 117 Å². The summed E-state index contributed by atoms with van der Waals surface area (Å²) in [7, 11) is 1.66. The Bertz CT molecular complexity index is 748. The van der Waals surface area contributed by atoms with Crippen LogP contribution in [-0.2, 0) is 19.1 Å². The van der Waals surface area contributed by atoms with Gasteiger partial charge in [0.2, 0.25) is 5.91 Å². The van der Waals surface area contributed by atoms with Gasteiger partial charge in [-0.2, -0.15) is 0 Å². The van der Waals surface area contributed by atoms with E-state index in [1.54, 1.807) is 31.4 Å². The number of hydrogen-bond donors (Lipinski definition) is 3. The third-order valence-electron chi connectivity index (χ3n) is 3.86. The van der Waals surface area contributed by atoms with E-state index in [2.05, 4.69) is 5.32 Å². The highest BCUT2D eigenvalue weighted by atomic mass is 16.5. The van der Waals surface area contributed by atoms with E-state index in [0.717, 1.165) is 12.0 Å². The van der Waals surface area contributed by atoms with Crippen LogP contribution in [0.2, 0.25) is 0 Å². The van der Waals surface area contributed by atoms with Crippen LogP contribution in [0.5, 0.6) is 0 Å². The van der Waals surface area contributed by atoms with Crippen molar-refractivity contribution in [2.45, 2.75) is 25.4 Å². The molecule has 1 aromatic carbocycles. The zero-order valence-electron chi connectivity index (χ0n) is 15.3. The number of esters is 1. The average Bonchev–Trinajstić information content (AvgIpc) is 2.63. The fourth-order valence-electron chi connectivity index (χ4n) is 2.51. The summed E-state index contributed by atoms with van der Waals surface area (Å²) >= 11 is 0. The lowest BCUT2D eigenvalue weighted by atomic mass is 10.0. The first-order valence-electron chi connectivity index (χ1n) is 8.68. The van der Waals surface area contributed by atoms with E-state index in [9.17, 15) is 9.59 Å². The van der Waals surface area contributed by atoms with Crippen molar-refractivity contribution >= 4 is 28.9 Å². The number of benzene rings is 1. The van der Waals surface area contributed by atoms with Gasteiger partial charge in [-0.15, -0.1) is 0 Å². The van der Waals surface area contributed by atoms with Gasteiger partial charge in [0.1, 0.15) is 0 Å². The zero-order chi connectivity index (χ0) is 19.6. The monoisotopic (exact) mass is 371 g/mol. The van der Waals surface area contributed by atoms with Crippen molar-refractivity contribution < 1.29 is 19.1 Å². The van der Waals surface area contributed by atoms with Gasteiger partial charge in [-0.25, -0.2) is 4.79 Å². The van der Waals surface area contributed by atoms with Crippen LogP contribution in [0, 0.1) is 0 Å². The molecule has 1 unspecified atom stereocenters. The zero-order valence-corrected chi connectivity index (χ0v) is 15.3. The fourth-order valence-corrected chi connectivity index (χ4v) is 2.51. The molecule has 0 radical (unpaired) electrons. The predicted octanol–water partition coefficient (Wildman–Crippen LogP) is 2.57. The van der Waals surface area contributed by atoms with Gasteiger partial charge in [-0.05, 0) is 42.7 Å². The van der Waals surface area contributed by atoms with Crippen molar-refractivity contribution in [3.63, 3.8) is 0 Å². The van der Waals surface area contributed by atoms with Gasteiger partial charge < -0.3 is 26.3 Å². The van der Waals surface area contributed by atoms with E-state index >= 15 is 0 Å². The first-order valence-corrected chi connectivity index (χ1v) is 8.68. The number of carbonyl (C=O) groups is 2. The van der Waals surface area contributed by atoms with Gasteiger partial charge in [-0.1, -0.05) is 18.2 Å². The molecule has 5 N–H and O–H groups in total. The maximum Gasteiger partial charge on any atom is 0.330 e. The van der Waals surface area contributed by atoms with Gasteiger partial charge in [0, 0.05) is 36.7 Å². The highest BCUT2D eigenvalue weighted by Crippen LogP contribution is 2.18. The van der Waals surface area contributed by atoms with E-state index in [1.807, 2.05) is 18.2 Å². The summed E-state index contributed by atoms with van der Waals surface area (Å²) < 4.78 is 10.3. The summed E-state index contributed by atoms with van der Waals surface area (Å²) in [6, 6.07) is 4.86. The summed E-state index contributed by atoms with van der Waals surface area (Å²) in [6.07, 6.45) is 10.4. The van der Waals surface area contributed by atoms with Crippen LogP contribution in [0.4, 0.5) is 17.1 Å². The Hall–Kier alpha value is -3.06. The molecule has 0 aromatic heterocycles. The van der Waals surface area contributed by atoms with Crippen molar-refractivity contribution in [1.29, 1.82) is 0 Å². The van der Waals surface area contributed by atoms with Crippen LogP contribution in [0.1, 0.15) is 19.3 Å². The van der Waals surface area contributed by atoms with E-state index in [4.69, 9.17) is 20.9 Å². The molecule has 2 rings (SSSR count). The van der Waals surface area contributed by atoms with Crippen molar-refractivity contribution in [2.75, 3.05) is 30.5 Å². The molecule has 1 atom stereocenters. The van der Waals surface area contributed by atoms with Crippen LogP contribution in [0.3, 0.4) is 0 Å². The summed E-state index contributed by atoms with van der Waals surface area (Å²) in [5, 5.41) is 2.71. The second-order valence-electron chi connectivity index (χ2n) is 6.11. The SMILES string of the molecule is COC1C=CC(/C=C/C(=O)OCCCC(=O)Nc2cc(N)cc(N)c2)=CC1. The van der Waals surface area contributed by atoms with Crippen LogP contribution in [0.25, 0.3) is 0 Å². The third kappa shape index (κ3) is 7.37. The van der Waals surface area contributed by atoms with Crippen LogP contribution < -0.4 is 16.8 Å². The lowest BCUT2D eigenvalue weighted by molar-refractivity contribution is -0.138. The molecule has 0 saturated carbocycles. The molecule has 1 aliphatic rings. The number of anilines is 3. The number of carbonyl (C=O) groups excluding carboxylic acids is 2. The minimum Gasteiger partial charge on any atom is -0.463 e. The van der Waals surface area contributed by atoms with E-state index in [-0.39, 0.29) is 25.0 Å². The van der Waals surface area contributed by atoms with Gasteiger partial charge in [0.05, 0.1) is 12.7 Å². The molecule has 0 saturated heterocycles. The molecule has 1 aliphatic carbocycles. The number of hydrogen-bond acceptors (Lipinski definition) is 6. The Morgan fingerprint density at radius 1 is 1.26 bits per heavy atom. The van der Waals surface area contributed by atoms with Crippen molar-refractivity contribution in [1.82, 2.24) is 0 Å². The first kappa shape index (κ1) is 20.3. The maximum absolute atomic E-state index is 11.9. The van der Waals surface area contributed by atoms with Crippen molar-refractivity contribution in [3.8, 4) is 0 Å². The molecule has 0 heterocycles. The predicted molar refractivity (Wildman–Crippen MR) is 106 cm³/mol. The fraction of sp³-hybridized carbons (Fsp3) is 0.300. The molecule has 27 heavy (non-hydrogen) atoms.